The summed E-state index contributed by atoms with van der Waals surface area (Å²) in [4.78, 5) is 0.177. The van der Waals surface area contributed by atoms with E-state index in [4.69, 9.17) is 4.74 Å². The van der Waals surface area contributed by atoms with Gasteiger partial charge in [0.2, 0.25) is 0 Å². The van der Waals surface area contributed by atoms with Gasteiger partial charge in [-0.3, -0.25) is 4.72 Å². The molecule has 0 aromatic heterocycles. The summed E-state index contributed by atoms with van der Waals surface area (Å²) in [7, 11) is -3.75. The van der Waals surface area contributed by atoms with Crippen molar-refractivity contribution in [2.45, 2.75) is 62.6 Å². The van der Waals surface area contributed by atoms with Gasteiger partial charge in [-0.1, -0.05) is 31.0 Å². The van der Waals surface area contributed by atoms with E-state index >= 15 is 0 Å². The van der Waals surface area contributed by atoms with E-state index in [-0.39, 0.29) is 17.3 Å². The molecule has 10 heteroatoms. The standard InChI is InChI=1S/C31H41FN2O6S/c32-27-12-14-28(15-13-27)34-41(38,39)29-10-7-9-24(20-29)8-3-6-19-40-18-5-2-1-4-17-33-22-31(37)25-11-16-30(36)26(21-25)23-35/h7,9-16,20-21,31,33-37H,1-6,8,17-19,22-23H2/t31-/m1/s1. The molecule has 0 aliphatic rings. The van der Waals surface area contributed by atoms with Crippen molar-refractivity contribution in [2.24, 2.45) is 0 Å². The summed E-state index contributed by atoms with van der Waals surface area (Å²) in [6.07, 6.45) is 5.94. The second-order valence-electron chi connectivity index (χ2n) is 10.0. The Hall–Kier alpha value is -3.02. The lowest BCUT2D eigenvalue weighted by molar-refractivity contribution is 0.126. The third kappa shape index (κ3) is 11.4. The number of ether oxygens (including phenoxy) is 1. The molecule has 0 saturated carbocycles. The molecule has 5 N–H and O–H groups in total. The Bertz CT molecular complexity index is 1300. The first-order valence-electron chi connectivity index (χ1n) is 14.0. The molecular weight excluding hydrogens is 547 g/mol. The van der Waals surface area contributed by atoms with Crippen molar-refractivity contribution >= 4 is 15.7 Å². The van der Waals surface area contributed by atoms with Crippen LogP contribution in [0.2, 0.25) is 0 Å². The molecule has 0 saturated heterocycles. The predicted octanol–water partition coefficient (Wildman–Crippen LogP) is 5.05. The molecule has 3 aromatic rings. The van der Waals surface area contributed by atoms with Crippen molar-refractivity contribution in [3.05, 3.63) is 89.2 Å². The van der Waals surface area contributed by atoms with E-state index in [0.29, 0.717) is 36.6 Å². The first kappa shape index (κ1) is 32.5. The number of aromatic hydroxyl groups is 1. The van der Waals surface area contributed by atoms with Crippen LogP contribution in [0, 0.1) is 5.82 Å². The number of aliphatic hydroxyl groups is 2. The van der Waals surface area contributed by atoms with Crippen molar-refractivity contribution < 1.29 is 32.9 Å². The smallest absolute Gasteiger partial charge is 0.261 e. The average Bonchev–Trinajstić information content (AvgIpc) is 2.97. The van der Waals surface area contributed by atoms with Gasteiger partial charge < -0.3 is 25.4 Å². The summed E-state index contributed by atoms with van der Waals surface area (Å²) in [6, 6.07) is 16.8. The Kier molecular flexibility index (Phi) is 13.5. The normalized spacial score (nSPS) is 12.4. The van der Waals surface area contributed by atoms with E-state index in [1.54, 1.807) is 30.3 Å². The number of nitrogens with one attached hydrogen (secondary N) is 2. The summed E-state index contributed by atoms with van der Waals surface area (Å²) < 4.78 is 46.6. The molecule has 0 heterocycles. The van der Waals surface area contributed by atoms with Crippen LogP contribution >= 0.6 is 0 Å². The highest BCUT2D eigenvalue weighted by molar-refractivity contribution is 7.92. The quantitative estimate of drug-likeness (QED) is 0.124. The highest BCUT2D eigenvalue weighted by atomic mass is 32.2. The molecule has 0 aliphatic heterocycles. The SMILES string of the molecule is O=S(=O)(Nc1ccc(F)cc1)c1cccc(CCCCOCCCCCCNC[C@@H](O)c2ccc(O)c(CO)c2)c1. The molecule has 0 spiro atoms. The first-order valence-corrected chi connectivity index (χ1v) is 15.5. The molecule has 0 radical (unpaired) electrons. The summed E-state index contributed by atoms with van der Waals surface area (Å²) in [5.41, 5.74) is 2.31. The molecule has 3 rings (SSSR count). The molecule has 0 unspecified atom stereocenters. The van der Waals surface area contributed by atoms with Gasteiger partial charge in [0, 0.05) is 31.0 Å². The van der Waals surface area contributed by atoms with Gasteiger partial charge in [0.15, 0.2) is 0 Å². The molecule has 8 nitrogen and oxygen atoms in total. The number of halogens is 1. The number of sulfonamides is 1. The highest BCUT2D eigenvalue weighted by Crippen LogP contribution is 2.22. The van der Waals surface area contributed by atoms with Gasteiger partial charge in [-0.15, -0.1) is 0 Å². The lowest BCUT2D eigenvalue weighted by Gasteiger charge is -2.14. The van der Waals surface area contributed by atoms with Crippen LogP contribution in [0.5, 0.6) is 5.75 Å². The maximum atomic E-state index is 13.1. The van der Waals surface area contributed by atoms with Crippen LogP contribution in [0.4, 0.5) is 10.1 Å². The van der Waals surface area contributed by atoms with Crippen molar-refractivity contribution in [1.82, 2.24) is 5.32 Å². The molecule has 41 heavy (non-hydrogen) atoms. The van der Waals surface area contributed by atoms with Gasteiger partial charge in [0.05, 0.1) is 17.6 Å². The molecule has 0 aliphatic carbocycles. The molecule has 224 valence electrons. The maximum absolute atomic E-state index is 13.1. The van der Waals surface area contributed by atoms with Crippen LogP contribution in [0.1, 0.15) is 61.3 Å². The van der Waals surface area contributed by atoms with E-state index in [2.05, 4.69) is 10.0 Å². The second-order valence-corrected chi connectivity index (χ2v) is 11.7. The molecular formula is C31H41FN2O6S. The third-order valence-electron chi connectivity index (χ3n) is 6.70. The van der Waals surface area contributed by atoms with Crippen molar-refractivity contribution in [3.63, 3.8) is 0 Å². The number of unbranched alkanes of at least 4 members (excludes halogenated alkanes) is 4. The highest BCUT2D eigenvalue weighted by Gasteiger charge is 2.15. The average molecular weight is 589 g/mol. The Labute approximate surface area is 242 Å². The number of hydrogen-bond acceptors (Lipinski definition) is 7. The minimum Gasteiger partial charge on any atom is -0.508 e. The summed E-state index contributed by atoms with van der Waals surface area (Å²) in [6.45, 7) is 2.31. The van der Waals surface area contributed by atoms with Crippen molar-refractivity contribution in [1.29, 1.82) is 0 Å². The van der Waals surface area contributed by atoms with Crippen molar-refractivity contribution in [2.75, 3.05) is 31.0 Å². The zero-order valence-corrected chi connectivity index (χ0v) is 24.1. The Balaban J connectivity index is 1.20. The molecule has 0 fully saturated rings. The lowest BCUT2D eigenvalue weighted by Crippen LogP contribution is -2.22. The largest absolute Gasteiger partial charge is 0.508 e. The fraction of sp³-hybridized carbons (Fsp3) is 0.419. The summed E-state index contributed by atoms with van der Waals surface area (Å²) in [5.74, 6) is -0.403. The fourth-order valence-corrected chi connectivity index (χ4v) is 5.47. The Morgan fingerprint density at radius 2 is 1.61 bits per heavy atom. The van der Waals surface area contributed by atoms with Crippen LogP contribution in [-0.2, 0) is 27.8 Å². The van der Waals surface area contributed by atoms with Crippen LogP contribution in [0.15, 0.2) is 71.6 Å². The maximum Gasteiger partial charge on any atom is 0.261 e. The van der Waals surface area contributed by atoms with Gasteiger partial charge in [0.25, 0.3) is 10.0 Å². The predicted molar refractivity (Wildman–Crippen MR) is 158 cm³/mol. The van der Waals surface area contributed by atoms with Crippen LogP contribution in [0.3, 0.4) is 0 Å². The first-order chi connectivity index (χ1) is 19.8. The van der Waals surface area contributed by atoms with Gasteiger partial charge in [-0.05, 0) is 98.3 Å². The fourth-order valence-electron chi connectivity index (χ4n) is 4.34. The van der Waals surface area contributed by atoms with Gasteiger partial charge in [0.1, 0.15) is 11.6 Å². The van der Waals surface area contributed by atoms with E-state index in [1.165, 1.54) is 30.3 Å². The minimum absolute atomic E-state index is 0.0237. The Morgan fingerprint density at radius 1 is 0.878 bits per heavy atom. The van der Waals surface area contributed by atoms with Gasteiger partial charge >= 0.3 is 0 Å². The topological polar surface area (TPSA) is 128 Å². The number of aryl methyl sites for hydroxylation is 1. The number of phenols is 1. The summed E-state index contributed by atoms with van der Waals surface area (Å²) >= 11 is 0. The number of benzene rings is 3. The monoisotopic (exact) mass is 588 g/mol. The number of anilines is 1. The number of hydrogen-bond donors (Lipinski definition) is 5. The summed E-state index contributed by atoms with van der Waals surface area (Å²) in [5, 5.41) is 32.4. The minimum atomic E-state index is -3.75. The molecule has 3 aromatic carbocycles. The van der Waals surface area contributed by atoms with Crippen molar-refractivity contribution in [3.8, 4) is 5.75 Å². The van der Waals surface area contributed by atoms with Crippen LogP contribution in [0.25, 0.3) is 0 Å². The van der Waals surface area contributed by atoms with Crippen LogP contribution in [-0.4, -0.2) is 50.0 Å². The Morgan fingerprint density at radius 3 is 2.37 bits per heavy atom. The molecule has 0 bridgehead atoms. The van der Waals surface area contributed by atoms with Gasteiger partial charge in [-0.2, -0.15) is 0 Å². The van der Waals surface area contributed by atoms with E-state index in [0.717, 1.165) is 57.1 Å². The molecule has 0 amide bonds. The third-order valence-corrected chi connectivity index (χ3v) is 8.08. The number of aliphatic hydroxyl groups excluding tert-OH is 2. The van der Waals surface area contributed by atoms with Gasteiger partial charge in [-0.25, -0.2) is 12.8 Å². The van der Waals surface area contributed by atoms with E-state index in [9.17, 15) is 28.1 Å². The second kappa shape index (κ2) is 17.1. The molecule has 1 atom stereocenters. The zero-order chi connectivity index (χ0) is 29.5. The van der Waals surface area contributed by atoms with Crippen LogP contribution < -0.4 is 10.0 Å². The lowest BCUT2D eigenvalue weighted by atomic mass is 10.1. The van der Waals surface area contributed by atoms with E-state index < -0.39 is 21.9 Å². The zero-order valence-electron chi connectivity index (χ0n) is 23.3. The van der Waals surface area contributed by atoms with E-state index in [1.807, 2.05) is 6.07 Å². The number of rotatable bonds is 19.